The Morgan fingerprint density at radius 1 is 1.18 bits per heavy atom. The second-order valence-electron chi connectivity index (χ2n) is 7.37. The van der Waals surface area contributed by atoms with Crippen LogP contribution in [0.3, 0.4) is 0 Å². The Kier molecular flexibility index (Phi) is 7.98. The number of carbonyl (C=O) groups excluding carboxylic acids is 1. The highest BCUT2D eigenvalue weighted by atomic mass is 35.5. The van der Waals surface area contributed by atoms with Crippen molar-refractivity contribution < 1.29 is 9.53 Å². The molecule has 6 nitrogen and oxygen atoms in total. The lowest BCUT2D eigenvalue weighted by Gasteiger charge is -2.36. The average molecular weight is 407 g/mol. The summed E-state index contributed by atoms with van der Waals surface area (Å²) in [5.74, 6) is 1.36. The number of benzene rings is 1. The third kappa shape index (κ3) is 5.61. The van der Waals surface area contributed by atoms with E-state index in [0.29, 0.717) is 19.1 Å². The largest absolute Gasteiger partial charge is 0.378 e. The molecule has 2 heterocycles. The van der Waals surface area contributed by atoms with Crippen LogP contribution in [0.1, 0.15) is 24.8 Å². The van der Waals surface area contributed by atoms with E-state index in [2.05, 4.69) is 21.3 Å². The minimum absolute atomic E-state index is 0.132. The topological polar surface area (TPSA) is 57.2 Å². The Labute approximate surface area is 172 Å². The Balaban J connectivity index is 1.39. The first-order valence-corrected chi connectivity index (χ1v) is 10.6. The van der Waals surface area contributed by atoms with Crippen LogP contribution in [0.15, 0.2) is 29.3 Å². The van der Waals surface area contributed by atoms with E-state index in [-0.39, 0.29) is 5.92 Å². The number of carbonyl (C=O) groups is 1. The third-order valence-corrected chi connectivity index (χ3v) is 5.91. The van der Waals surface area contributed by atoms with Crippen LogP contribution in [0.25, 0.3) is 0 Å². The van der Waals surface area contributed by atoms with Crippen molar-refractivity contribution >= 4 is 23.5 Å². The van der Waals surface area contributed by atoms with E-state index < -0.39 is 0 Å². The van der Waals surface area contributed by atoms with Gasteiger partial charge in [-0.15, -0.1) is 0 Å². The van der Waals surface area contributed by atoms with Gasteiger partial charge in [-0.1, -0.05) is 29.8 Å². The first-order chi connectivity index (χ1) is 13.7. The number of rotatable bonds is 5. The first-order valence-electron chi connectivity index (χ1n) is 10.2. The van der Waals surface area contributed by atoms with E-state index in [0.717, 1.165) is 69.4 Å². The molecular formula is C21H31ClN4O2. The summed E-state index contributed by atoms with van der Waals surface area (Å²) in [5, 5.41) is 4.29. The van der Waals surface area contributed by atoms with Gasteiger partial charge in [0.05, 0.1) is 13.2 Å². The molecule has 2 aliphatic heterocycles. The van der Waals surface area contributed by atoms with Crippen LogP contribution in [0.2, 0.25) is 5.02 Å². The summed E-state index contributed by atoms with van der Waals surface area (Å²) in [4.78, 5) is 21.3. The SMILES string of the molecule is CN=C(NCCCc1ccccc1Cl)N1CCC(C(=O)N2CCOCC2)CC1. The molecule has 2 fully saturated rings. The van der Waals surface area contributed by atoms with Gasteiger partial charge in [0.1, 0.15) is 0 Å². The molecule has 3 rings (SSSR count). The highest BCUT2D eigenvalue weighted by molar-refractivity contribution is 6.31. The molecule has 0 saturated carbocycles. The van der Waals surface area contributed by atoms with Gasteiger partial charge < -0.3 is 19.9 Å². The summed E-state index contributed by atoms with van der Waals surface area (Å²) in [6, 6.07) is 7.99. The molecule has 1 aromatic rings. The van der Waals surface area contributed by atoms with Crippen molar-refractivity contribution in [2.75, 3.05) is 53.0 Å². The lowest BCUT2D eigenvalue weighted by Crippen LogP contribution is -2.50. The zero-order valence-electron chi connectivity index (χ0n) is 16.7. The lowest BCUT2D eigenvalue weighted by atomic mass is 9.95. The fraction of sp³-hybridized carbons (Fsp3) is 0.619. The molecule has 0 unspecified atom stereocenters. The molecule has 154 valence electrons. The Bertz CT molecular complexity index is 668. The quantitative estimate of drug-likeness (QED) is 0.463. The van der Waals surface area contributed by atoms with Gasteiger partial charge in [-0.3, -0.25) is 9.79 Å². The van der Waals surface area contributed by atoms with Crippen LogP contribution in [0.5, 0.6) is 0 Å². The monoisotopic (exact) mass is 406 g/mol. The van der Waals surface area contributed by atoms with Gasteiger partial charge in [0.2, 0.25) is 5.91 Å². The second-order valence-corrected chi connectivity index (χ2v) is 7.78. The molecule has 0 atom stereocenters. The molecule has 0 spiro atoms. The Morgan fingerprint density at radius 3 is 2.57 bits per heavy atom. The maximum atomic E-state index is 12.7. The minimum Gasteiger partial charge on any atom is -0.378 e. The van der Waals surface area contributed by atoms with Crippen molar-refractivity contribution in [3.63, 3.8) is 0 Å². The van der Waals surface area contributed by atoms with Crippen LogP contribution < -0.4 is 5.32 Å². The van der Waals surface area contributed by atoms with Gasteiger partial charge in [0, 0.05) is 50.7 Å². The summed E-state index contributed by atoms with van der Waals surface area (Å²) >= 11 is 6.22. The predicted octanol–water partition coefficient (Wildman–Crippen LogP) is 2.42. The first kappa shape index (κ1) is 20.9. The third-order valence-electron chi connectivity index (χ3n) is 5.54. The molecule has 28 heavy (non-hydrogen) atoms. The maximum Gasteiger partial charge on any atom is 0.225 e. The number of ether oxygens (including phenoxy) is 1. The Morgan fingerprint density at radius 2 is 1.89 bits per heavy atom. The summed E-state index contributed by atoms with van der Waals surface area (Å²) in [5.41, 5.74) is 1.18. The van der Waals surface area contributed by atoms with E-state index in [4.69, 9.17) is 16.3 Å². The maximum absolute atomic E-state index is 12.7. The number of halogens is 1. The number of aryl methyl sites for hydroxylation is 1. The van der Waals surface area contributed by atoms with Crippen molar-refractivity contribution in [2.24, 2.45) is 10.9 Å². The molecule has 0 aliphatic carbocycles. The van der Waals surface area contributed by atoms with E-state index in [1.54, 1.807) is 0 Å². The normalized spacial score (nSPS) is 19.0. The summed E-state index contributed by atoms with van der Waals surface area (Å²) in [6.45, 7) is 5.37. The molecule has 0 radical (unpaired) electrons. The fourth-order valence-electron chi connectivity index (χ4n) is 3.89. The molecule has 7 heteroatoms. The molecule has 1 N–H and O–H groups in total. The van der Waals surface area contributed by atoms with Gasteiger partial charge in [0.25, 0.3) is 0 Å². The molecule has 1 amide bonds. The molecular weight excluding hydrogens is 376 g/mol. The standard InChI is InChI=1S/C21H31ClN4O2/c1-23-21(24-10-4-6-17-5-2-3-7-19(17)22)26-11-8-18(9-12-26)20(27)25-13-15-28-16-14-25/h2-3,5,7,18H,4,6,8-16H2,1H3,(H,23,24). The smallest absolute Gasteiger partial charge is 0.225 e. The van der Waals surface area contributed by atoms with E-state index in [1.165, 1.54) is 5.56 Å². The molecule has 1 aromatic carbocycles. The molecule has 0 aromatic heterocycles. The van der Waals surface area contributed by atoms with Crippen LogP contribution >= 0.6 is 11.6 Å². The van der Waals surface area contributed by atoms with E-state index in [1.807, 2.05) is 30.1 Å². The average Bonchev–Trinajstić information content (AvgIpc) is 2.75. The van der Waals surface area contributed by atoms with E-state index >= 15 is 0 Å². The van der Waals surface area contributed by atoms with Gasteiger partial charge in [-0.25, -0.2) is 0 Å². The summed E-state index contributed by atoms with van der Waals surface area (Å²) in [6.07, 6.45) is 3.71. The van der Waals surface area contributed by atoms with Crippen LogP contribution in [0.4, 0.5) is 0 Å². The van der Waals surface area contributed by atoms with Crippen molar-refractivity contribution in [3.05, 3.63) is 34.9 Å². The van der Waals surface area contributed by atoms with Crippen molar-refractivity contribution in [3.8, 4) is 0 Å². The highest BCUT2D eigenvalue weighted by Crippen LogP contribution is 2.20. The number of nitrogens with zero attached hydrogens (tertiary/aromatic N) is 3. The van der Waals surface area contributed by atoms with Crippen LogP contribution in [-0.4, -0.2) is 74.7 Å². The fourth-order valence-corrected chi connectivity index (χ4v) is 4.12. The van der Waals surface area contributed by atoms with Crippen LogP contribution in [0, 0.1) is 5.92 Å². The zero-order chi connectivity index (χ0) is 19.8. The van der Waals surface area contributed by atoms with Gasteiger partial charge in [-0.2, -0.15) is 0 Å². The number of aliphatic imine (C=N–C) groups is 1. The highest BCUT2D eigenvalue weighted by Gasteiger charge is 2.30. The van der Waals surface area contributed by atoms with Gasteiger partial charge in [0.15, 0.2) is 5.96 Å². The minimum atomic E-state index is 0.132. The number of piperidine rings is 1. The van der Waals surface area contributed by atoms with Gasteiger partial charge >= 0.3 is 0 Å². The van der Waals surface area contributed by atoms with Crippen molar-refractivity contribution in [2.45, 2.75) is 25.7 Å². The van der Waals surface area contributed by atoms with Crippen LogP contribution in [-0.2, 0) is 16.0 Å². The zero-order valence-corrected chi connectivity index (χ0v) is 17.5. The molecule has 2 saturated heterocycles. The molecule has 2 aliphatic rings. The number of morpholine rings is 1. The van der Waals surface area contributed by atoms with Crippen molar-refractivity contribution in [1.82, 2.24) is 15.1 Å². The molecule has 0 bridgehead atoms. The number of hydrogen-bond donors (Lipinski definition) is 1. The van der Waals surface area contributed by atoms with Crippen molar-refractivity contribution in [1.29, 1.82) is 0 Å². The predicted molar refractivity (Wildman–Crippen MR) is 113 cm³/mol. The van der Waals surface area contributed by atoms with E-state index in [9.17, 15) is 4.79 Å². The summed E-state index contributed by atoms with van der Waals surface area (Å²) in [7, 11) is 1.82. The number of amides is 1. The number of nitrogens with one attached hydrogen (secondary N) is 1. The Hall–Kier alpha value is -1.79. The number of guanidine groups is 1. The van der Waals surface area contributed by atoms with Gasteiger partial charge in [-0.05, 0) is 37.3 Å². The second kappa shape index (κ2) is 10.7. The summed E-state index contributed by atoms with van der Waals surface area (Å²) < 4.78 is 5.35. The number of likely N-dealkylation sites (tertiary alicyclic amines) is 1. The number of hydrogen-bond acceptors (Lipinski definition) is 3. The lowest BCUT2D eigenvalue weighted by molar-refractivity contribution is -0.140.